The van der Waals surface area contributed by atoms with Gasteiger partial charge >= 0.3 is 0 Å². The summed E-state index contributed by atoms with van der Waals surface area (Å²) in [6.07, 6.45) is 0. The number of anilines is 9. The molecule has 0 bridgehead atoms. The molecule has 0 fully saturated rings. The third-order valence-corrected chi connectivity index (χ3v) is 10.6. The number of fused-ring (bicyclic) bond motifs is 3. The fraction of sp³-hybridized carbons (Fsp3) is 0.0588. The lowest BCUT2D eigenvalue weighted by Crippen LogP contribution is -2.17. The van der Waals surface area contributed by atoms with Gasteiger partial charge in [-0.25, -0.2) is 0 Å². The Balaban J connectivity index is 1.27. The summed E-state index contributed by atoms with van der Waals surface area (Å²) in [6, 6.07) is 76.1. The molecular weight excluding hydrogens is 655 g/mol. The quantitative estimate of drug-likeness (QED) is 0.149. The molecule has 0 saturated heterocycles. The Morgan fingerprint density at radius 2 is 0.630 bits per heavy atom. The molecule has 0 unspecified atom stereocenters. The maximum atomic E-state index is 2.45. The lowest BCUT2D eigenvalue weighted by Gasteiger charge is -2.32. The minimum absolute atomic E-state index is 0.133. The molecule has 0 N–H and O–H groups in total. The third kappa shape index (κ3) is 5.90. The van der Waals surface area contributed by atoms with Crippen LogP contribution in [0.2, 0.25) is 0 Å². The molecule has 0 heterocycles. The molecule has 8 aromatic rings. The van der Waals surface area contributed by atoms with Crippen LogP contribution in [0.15, 0.2) is 212 Å². The molecule has 0 radical (unpaired) electrons. The van der Waals surface area contributed by atoms with Crippen LogP contribution in [0.25, 0.3) is 11.1 Å². The van der Waals surface area contributed by atoms with Gasteiger partial charge in [-0.2, -0.15) is 0 Å². The third-order valence-electron chi connectivity index (χ3n) is 10.6. The molecule has 1 aliphatic carbocycles. The SMILES string of the molecule is CC1(C)c2ccccc2-c2c(N(c3cccc(N(c4ccccc4)c4ccccc4)c3)c3cccc(N(c4ccccc4)c4ccccc4)c3)cccc21. The molecule has 0 amide bonds. The van der Waals surface area contributed by atoms with Gasteiger partial charge in [-0.3, -0.25) is 0 Å². The molecule has 3 nitrogen and oxygen atoms in total. The van der Waals surface area contributed by atoms with Crippen LogP contribution in [0.1, 0.15) is 25.0 Å². The minimum Gasteiger partial charge on any atom is -0.310 e. The summed E-state index contributed by atoms with van der Waals surface area (Å²) in [4.78, 5) is 7.11. The number of para-hydroxylation sites is 4. The van der Waals surface area contributed by atoms with E-state index in [0.29, 0.717) is 0 Å². The Hall–Kier alpha value is -6.84. The summed E-state index contributed by atoms with van der Waals surface area (Å²) in [5, 5.41) is 0. The van der Waals surface area contributed by atoms with Gasteiger partial charge in [0.05, 0.1) is 5.69 Å². The van der Waals surface area contributed by atoms with Gasteiger partial charge in [-0.05, 0) is 108 Å². The molecule has 0 saturated carbocycles. The molecule has 8 aromatic carbocycles. The lowest BCUT2D eigenvalue weighted by atomic mass is 9.82. The smallest absolute Gasteiger partial charge is 0.0543 e. The average Bonchev–Trinajstić information content (AvgIpc) is 3.47. The van der Waals surface area contributed by atoms with E-state index in [1.165, 1.54) is 22.3 Å². The van der Waals surface area contributed by atoms with Crippen molar-refractivity contribution < 1.29 is 0 Å². The molecule has 3 heteroatoms. The second-order valence-corrected chi connectivity index (χ2v) is 14.3. The highest BCUT2D eigenvalue weighted by Gasteiger charge is 2.37. The summed E-state index contributed by atoms with van der Waals surface area (Å²) >= 11 is 0. The van der Waals surface area contributed by atoms with E-state index in [1.807, 2.05) is 0 Å². The first-order valence-corrected chi connectivity index (χ1v) is 18.6. The van der Waals surface area contributed by atoms with Gasteiger partial charge in [0.15, 0.2) is 0 Å². The van der Waals surface area contributed by atoms with E-state index in [2.05, 4.69) is 241 Å². The predicted molar refractivity (Wildman–Crippen MR) is 228 cm³/mol. The average molecular weight is 696 g/mol. The van der Waals surface area contributed by atoms with E-state index in [0.717, 1.165) is 51.2 Å². The van der Waals surface area contributed by atoms with Crippen molar-refractivity contribution in [3.63, 3.8) is 0 Å². The van der Waals surface area contributed by atoms with Crippen molar-refractivity contribution in [2.24, 2.45) is 0 Å². The van der Waals surface area contributed by atoms with Crippen molar-refractivity contribution >= 4 is 51.2 Å². The van der Waals surface area contributed by atoms with E-state index in [-0.39, 0.29) is 5.41 Å². The van der Waals surface area contributed by atoms with Crippen molar-refractivity contribution in [3.05, 3.63) is 223 Å². The van der Waals surface area contributed by atoms with E-state index in [4.69, 9.17) is 0 Å². The molecule has 260 valence electrons. The number of nitrogens with zero attached hydrogens (tertiary/aromatic N) is 3. The van der Waals surface area contributed by atoms with Crippen LogP contribution >= 0.6 is 0 Å². The molecule has 0 aromatic heterocycles. The van der Waals surface area contributed by atoms with Crippen molar-refractivity contribution in [3.8, 4) is 11.1 Å². The van der Waals surface area contributed by atoms with E-state index in [1.54, 1.807) is 0 Å². The first-order chi connectivity index (χ1) is 26.6. The molecular formula is C51H41N3. The fourth-order valence-electron chi connectivity index (χ4n) is 8.09. The summed E-state index contributed by atoms with van der Waals surface area (Å²) in [6.45, 7) is 4.70. The second-order valence-electron chi connectivity index (χ2n) is 14.3. The summed E-state index contributed by atoms with van der Waals surface area (Å²) in [5.74, 6) is 0. The van der Waals surface area contributed by atoms with Crippen LogP contribution < -0.4 is 14.7 Å². The second kappa shape index (κ2) is 13.9. The Morgan fingerprint density at radius 3 is 1.07 bits per heavy atom. The highest BCUT2D eigenvalue weighted by atomic mass is 15.2. The molecule has 0 spiro atoms. The summed E-state index contributed by atoms with van der Waals surface area (Å²) in [7, 11) is 0. The topological polar surface area (TPSA) is 9.72 Å². The van der Waals surface area contributed by atoms with Crippen LogP contribution in [0, 0.1) is 0 Å². The largest absolute Gasteiger partial charge is 0.310 e. The Kier molecular flexibility index (Phi) is 8.53. The first kappa shape index (κ1) is 33.0. The molecule has 0 aliphatic heterocycles. The van der Waals surface area contributed by atoms with Crippen LogP contribution in [0.3, 0.4) is 0 Å². The molecule has 1 aliphatic rings. The highest BCUT2D eigenvalue weighted by molar-refractivity contribution is 5.96. The van der Waals surface area contributed by atoms with Gasteiger partial charge < -0.3 is 14.7 Å². The van der Waals surface area contributed by atoms with Crippen LogP contribution in [0.4, 0.5) is 51.2 Å². The molecule has 54 heavy (non-hydrogen) atoms. The maximum absolute atomic E-state index is 2.45. The first-order valence-electron chi connectivity index (χ1n) is 18.6. The number of rotatable bonds is 9. The van der Waals surface area contributed by atoms with Gasteiger partial charge in [0.25, 0.3) is 0 Å². The van der Waals surface area contributed by atoms with Gasteiger partial charge in [-0.1, -0.05) is 135 Å². The number of hydrogen-bond acceptors (Lipinski definition) is 3. The van der Waals surface area contributed by atoms with Gasteiger partial charge in [0, 0.05) is 56.5 Å². The van der Waals surface area contributed by atoms with E-state index in [9.17, 15) is 0 Å². The van der Waals surface area contributed by atoms with Gasteiger partial charge in [0.1, 0.15) is 0 Å². The van der Waals surface area contributed by atoms with Gasteiger partial charge in [-0.15, -0.1) is 0 Å². The highest BCUT2D eigenvalue weighted by Crippen LogP contribution is 2.54. The van der Waals surface area contributed by atoms with Gasteiger partial charge in [0.2, 0.25) is 0 Å². The summed E-state index contributed by atoms with van der Waals surface area (Å²) in [5.41, 5.74) is 15.0. The monoisotopic (exact) mass is 695 g/mol. The van der Waals surface area contributed by atoms with E-state index < -0.39 is 0 Å². The van der Waals surface area contributed by atoms with Crippen LogP contribution in [-0.2, 0) is 5.41 Å². The normalized spacial score (nSPS) is 12.4. The Labute approximate surface area is 318 Å². The van der Waals surface area contributed by atoms with Crippen LogP contribution in [0.5, 0.6) is 0 Å². The zero-order valence-electron chi connectivity index (χ0n) is 30.5. The standard InChI is InChI=1S/C51H41N3/c1-51(2)47-33-16-15-32-46(47)50-48(51)34-19-35-49(50)54(44-30-17-28-42(36-44)52(38-20-7-3-8-21-38)39-22-9-4-10-23-39)45-31-18-29-43(37-45)53(40-24-11-5-12-25-40)41-26-13-6-14-27-41/h3-37H,1-2H3. The predicted octanol–water partition coefficient (Wildman–Crippen LogP) is 14.4. The van der Waals surface area contributed by atoms with Crippen molar-refractivity contribution in [1.82, 2.24) is 0 Å². The lowest BCUT2D eigenvalue weighted by molar-refractivity contribution is 0.660. The minimum atomic E-state index is -0.133. The number of benzene rings is 8. The number of hydrogen-bond donors (Lipinski definition) is 0. The van der Waals surface area contributed by atoms with Crippen molar-refractivity contribution in [1.29, 1.82) is 0 Å². The molecule has 0 atom stereocenters. The molecule has 9 rings (SSSR count). The van der Waals surface area contributed by atoms with Crippen molar-refractivity contribution in [2.75, 3.05) is 14.7 Å². The Morgan fingerprint density at radius 1 is 0.296 bits per heavy atom. The summed E-state index contributed by atoms with van der Waals surface area (Å²) < 4.78 is 0. The van der Waals surface area contributed by atoms with E-state index >= 15 is 0 Å². The maximum Gasteiger partial charge on any atom is 0.0543 e. The zero-order valence-corrected chi connectivity index (χ0v) is 30.5. The zero-order chi connectivity index (χ0) is 36.5. The van der Waals surface area contributed by atoms with Crippen LogP contribution in [-0.4, -0.2) is 0 Å². The van der Waals surface area contributed by atoms with Crippen molar-refractivity contribution in [2.45, 2.75) is 19.3 Å². The fourth-order valence-corrected chi connectivity index (χ4v) is 8.09. The Bertz CT molecular complexity index is 2320.